The monoisotopic (exact) mass is 483 g/mol. The van der Waals surface area contributed by atoms with Crippen molar-refractivity contribution in [3.63, 3.8) is 0 Å². The van der Waals surface area contributed by atoms with Crippen molar-refractivity contribution in [1.82, 2.24) is 20.9 Å². The van der Waals surface area contributed by atoms with Gasteiger partial charge in [-0.25, -0.2) is 4.98 Å². The van der Waals surface area contributed by atoms with E-state index in [1.165, 1.54) is 18.3 Å². The summed E-state index contributed by atoms with van der Waals surface area (Å²) in [4.78, 5) is 44.6. The number of hydrogen-bond donors (Lipinski definition) is 3. The number of aromatic nitrogens is 1. The van der Waals surface area contributed by atoms with E-state index in [1.807, 2.05) is 17.5 Å². The molecule has 0 fully saturated rings. The van der Waals surface area contributed by atoms with E-state index in [9.17, 15) is 14.4 Å². The number of aryl methyl sites for hydroxylation is 1. The van der Waals surface area contributed by atoms with Crippen LogP contribution in [0.5, 0.6) is 0 Å². The summed E-state index contributed by atoms with van der Waals surface area (Å²) in [5, 5.41) is 11.3. The lowest BCUT2D eigenvalue weighted by molar-refractivity contribution is -0.127. The van der Waals surface area contributed by atoms with Gasteiger partial charge < -0.3 is 16.0 Å². The predicted molar refractivity (Wildman–Crippen MR) is 133 cm³/mol. The first-order valence-corrected chi connectivity index (χ1v) is 12.9. The van der Waals surface area contributed by atoms with Crippen molar-refractivity contribution in [2.24, 2.45) is 5.92 Å². The van der Waals surface area contributed by atoms with E-state index in [0.29, 0.717) is 25.9 Å². The molecule has 34 heavy (non-hydrogen) atoms. The Hall–Kier alpha value is -2.78. The Morgan fingerprint density at radius 2 is 2.09 bits per heavy atom. The van der Waals surface area contributed by atoms with Crippen LogP contribution in [0.3, 0.4) is 0 Å². The van der Waals surface area contributed by atoms with Crippen LogP contribution in [-0.4, -0.2) is 47.4 Å². The molecule has 1 aromatic heterocycles. The number of benzene rings is 1. The highest BCUT2D eigenvalue weighted by Crippen LogP contribution is 2.39. The normalized spacial score (nSPS) is 20.9. The molecule has 0 saturated carbocycles. The molecule has 8 nitrogen and oxygen atoms in total. The number of rotatable bonds is 9. The number of carbonyl (C=O) groups excluding carboxylic acids is 3. The number of anilines is 1. The molecule has 2 aromatic rings. The van der Waals surface area contributed by atoms with Crippen LogP contribution in [0.4, 0.5) is 5.69 Å². The van der Waals surface area contributed by atoms with Gasteiger partial charge in [0.05, 0.1) is 29.5 Å². The minimum atomic E-state index is -0.578. The molecule has 3 heterocycles. The van der Waals surface area contributed by atoms with Gasteiger partial charge in [0.15, 0.2) is 0 Å². The summed E-state index contributed by atoms with van der Waals surface area (Å²) in [6.07, 6.45) is 2.83. The fourth-order valence-electron chi connectivity index (χ4n) is 4.86. The van der Waals surface area contributed by atoms with Crippen molar-refractivity contribution >= 4 is 34.7 Å². The standard InChI is InChI=1S/C25H33N5O3S/c1-4-15(2)21(29-16(3)31)12-26-20-9-8-17-6-5-7-18-10-22(30(23(17)18)25(20)33)24(32)27-11-19-13-34-14-28-19/h5-7,13-15,20-22,26H,4,8-12H2,1-3H3,(H,27,32)(H,29,31)/t15-,20-,21+,22-/m0/s1. The zero-order valence-corrected chi connectivity index (χ0v) is 20.8. The molecule has 0 aliphatic carbocycles. The van der Waals surface area contributed by atoms with Gasteiger partial charge in [0, 0.05) is 31.3 Å². The number of nitrogens with zero attached hydrogens (tertiary/aromatic N) is 2. The lowest BCUT2D eigenvalue weighted by atomic mass is 9.98. The van der Waals surface area contributed by atoms with Crippen LogP contribution in [-0.2, 0) is 33.8 Å². The summed E-state index contributed by atoms with van der Waals surface area (Å²) >= 11 is 1.49. The Morgan fingerprint density at radius 3 is 2.79 bits per heavy atom. The summed E-state index contributed by atoms with van der Waals surface area (Å²) in [5.74, 6) is -0.0482. The van der Waals surface area contributed by atoms with Crippen LogP contribution >= 0.6 is 11.3 Å². The molecule has 9 heteroatoms. The van der Waals surface area contributed by atoms with Crippen molar-refractivity contribution in [2.45, 2.75) is 71.1 Å². The van der Waals surface area contributed by atoms with Gasteiger partial charge in [0.2, 0.25) is 17.7 Å². The Morgan fingerprint density at radius 1 is 1.29 bits per heavy atom. The average Bonchev–Trinajstić information content (AvgIpc) is 3.45. The highest BCUT2D eigenvalue weighted by Gasteiger charge is 2.43. The first-order valence-electron chi connectivity index (χ1n) is 12.0. The van der Waals surface area contributed by atoms with Gasteiger partial charge in [-0.1, -0.05) is 38.5 Å². The zero-order chi connectivity index (χ0) is 24.2. The van der Waals surface area contributed by atoms with Crippen molar-refractivity contribution in [2.75, 3.05) is 11.4 Å². The zero-order valence-electron chi connectivity index (χ0n) is 20.0. The summed E-state index contributed by atoms with van der Waals surface area (Å²) in [6.45, 7) is 6.56. The average molecular weight is 484 g/mol. The molecular formula is C25H33N5O3S. The Balaban J connectivity index is 1.52. The lowest BCUT2D eigenvalue weighted by Crippen LogP contribution is -2.55. The largest absolute Gasteiger partial charge is 0.352 e. The molecule has 3 N–H and O–H groups in total. The smallest absolute Gasteiger partial charge is 0.244 e. The third kappa shape index (κ3) is 5.15. The van der Waals surface area contributed by atoms with Crippen molar-refractivity contribution in [3.8, 4) is 0 Å². The third-order valence-electron chi connectivity index (χ3n) is 6.94. The molecule has 4 rings (SSSR count). The van der Waals surface area contributed by atoms with Crippen molar-refractivity contribution < 1.29 is 14.4 Å². The highest BCUT2D eigenvalue weighted by atomic mass is 32.1. The predicted octanol–water partition coefficient (Wildman–Crippen LogP) is 2.17. The van der Waals surface area contributed by atoms with Crippen LogP contribution in [0.15, 0.2) is 29.1 Å². The van der Waals surface area contributed by atoms with Crippen molar-refractivity contribution in [1.29, 1.82) is 0 Å². The fraction of sp³-hybridized carbons (Fsp3) is 0.520. The number of nitrogens with one attached hydrogen (secondary N) is 3. The van der Waals surface area contributed by atoms with E-state index in [2.05, 4.69) is 40.8 Å². The molecule has 4 atom stereocenters. The summed E-state index contributed by atoms with van der Waals surface area (Å²) < 4.78 is 0. The minimum absolute atomic E-state index is 0.0627. The molecule has 0 spiro atoms. The van der Waals surface area contributed by atoms with Gasteiger partial charge in [0.25, 0.3) is 0 Å². The molecule has 0 saturated heterocycles. The maximum Gasteiger partial charge on any atom is 0.244 e. The quantitative estimate of drug-likeness (QED) is 0.507. The number of thiazole rings is 1. The molecular weight excluding hydrogens is 450 g/mol. The molecule has 0 radical (unpaired) electrons. The summed E-state index contributed by atoms with van der Waals surface area (Å²) in [7, 11) is 0. The topological polar surface area (TPSA) is 103 Å². The summed E-state index contributed by atoms with van der Waals surface area (Å²) in [6, 6.07) is 5.01. The van der Waals surface area contributed by atoms with Crippen molar-refractivity contribution in [3.05, 3.63) is 45.9 Å². The first-order chi connectivity index (χ1) is 16.4. The third-order valence-corrected chi connectivity index (χ3v) is 7.58. The molecule has 0 bridgehead atoms. The Labute approximate surface area is 204 Å². The van der Waals surface area contributed by atoms with Gasteiger partial charge in [-0.15, -0.1) is 11.3 Å². The van der Waals surface area contributed by atoms with Crippen LogP contribution in [0.25, 0.3) is 0 Å². The van der Waals surface area contributed by atoms with Gasteiger partial charge in [-0.05, 0) is 29.9 Å². The van der Waals surface area contributed by atoms with Gasteiger partial charge in [0.1, 0.15) is 6.04 Å². The van der Waals surface area contributed by atoms with Crippen LogP contribution in [0.2, 0.25) is 0 Å². The maximum absolute atomic E-state index is 13.8. The van der Waals surface area contributed by atoms with E-state index in [1.54, 1.807) is 10.4 Å². The fourth-order valence-corrected chi connectivity index (χ4v) is 5.42. The van der Waals surface area contributed by atoms with E-state index < -0.39 is 12.1 Å². The number of amides is 3. The Bertz CT molecular complexity index is 1040. The molecule has 1 aromatic carbocycles. The van der Waals surface area contributed by atoms with Crippen LogP contribution < -0.4 is 20.9 Å². The van der Waals surface area contributed by atoms with Crippen LogP contribution in [0.1, 0.15) is 50.4 Å². The van der Waals surface area contributed by atoms with E-state index in [0.717, 1.165) is 35.3 Å². The minimum Gasteiger partial charge on any atom is -0.352 e. The lowest BCUT2D eigenvalue weighted by Gasteiger charge is -2.30. The second kappa shape index (κ2) is 10.7. The summed E-state index contributed by atoms with van der Waals surface area (Å²) in [5.41, 5.74) is 5.58. The Kier molecular flexibility index (Phi) is 7.63. The number of carbonyl (C=O) groups is 3. The molecule has 0 unspecified atom stereocenters. The van der Waals surface area contributed by atoms with Crippen LogP contribution in [0, 0.1) is 5.92 Å². The molecule has 182 valence electrons. The second-order valence-corrected chi connectivity index (χ2v) is 9.96. The highest BCUT2D eigenvalue weighted by molar-refractivity contribution is 7.07. The second-order valence-electron chi connectivity index (χ2n) is 9.24. The maximum atomic E-state index is 13.8. The molecule has 3 amide bonds. The number of para-hydroxylation sites is 1. The number of hydrogen-bond acceptors (Lipinski definition) is 6. The molecule has 2 aliphatic heterocycles. The SMILES string of the molecule is CC[C@H](C)[C@@H](CN[C@H]1CCc2cccc3c2N(C1=O)[C@H](C(=O)NCc1cscn1)C3)NC(C)=O. The van der Waals surface area contributed by atoms with Gasteiger partial charge in [-0.2, -0.15) is 0 Å². The van der Waals surface area contributed by atoms with E-state index in [-0.39, 0.29) is 29.7 Å². The first kappa shape index (κ1) is 24.3. The van der Waals surface area contributed by atoms with Gasteiger partial charge in [-0.3, -0.25) is 19.3 Å². The molecule has 2 aliphatic rings. The van der Waals surface area contributed by atoms with E-state index in [4.69, 9.17) is 0 Å². The van der Waals surface area contributed by atoms with E-state index >= 15 is 0 Å². The van der Waals surface area contributed by atoms with Gasteiger partial charge >= 0.3 is 0 Å².